The van der Waals surface area contributed by atoms with E-state index in [2.05, 4.69) is 10.4 Å². The van der Waals surface area contributed by atoms with Crippen LogP contribution < -0.4 is 10.9 Å². The Morgan fingerprint density at radius 3 is 2.86 bits per heavy atom. The van der Waals surface area contributed by atoms with Crippen LogP contribution in [0.2, 0.25) is 0 Å². The zero-order chi connectivity index (χ0) is 15.2. The molecule has 0 unspecified atom stereocenters. The Labute approximate surface area is 127 Å². The van der Waals surface area contributed by atoms with Crippen LogP contribution in [-0.4, -0.2) is 22.2 Å². The number of carbonyl (C=O) groups is 1. The van der Waals surface area contributed by atoms with E-state index in [0.29, 0.717) is 19.5 Å². The second-order valence-corrected chi connectivity index (χ2v) is 6.00. The van der Waals surface area contributed by atoms with Gasteiger partial charge in [-0.2, -0.15) is 5.10 Å². The largest absolute Gasteiger partial charge is 0.356 e. The number of hydrogen-bond donors (Lipinski definition) is 1. The van der Waals surface area contributed by atoms with E-state index >= 15 is 0 Å². The van der Waals surface area contributed by atoms with Crippen LogP contribution in [0.5, 0.6) is 0 Å². The van der Waals surface area contributed by atoms with Crippen LogP contribution in [0.15, 0.2) is 34.4 Å². The third-order valence-electron chi connectivity index (χ3n) is 3.01. The zero-order valence-corrected chi connectivity index (χ0v) is 13.0. The van der Waals surface area contributed by atoms with Gasteiger partial charge in [0, 0.05) is 25.1 Å². The molecule has 0 spiro atoms. The second kappa shape index (κ2) is 7.17. The summed E-state index contributed by atoms with van der Waals surface area (Å²) >= 11 is 1.59. The normalized spacial score (nSPS) is 10.8. The standard InChI is InChI=1S/C15H19N3O2S/c1-11(2)15(20)16-8-4-9-18-14(19)7-6-12(17-18)13-5-3-10-21-13/h3,5-7,10-11H,4,8-9H2,1-2H3,(H,16,20). The molecule has 0 fully saturated rings. The van der Waals surface area contributed by atoms with Gasteiger partial charge in [0.25, 0.3) is 5.56 Å². The van der Waals surface area contributed by atoms with Crippen LogP contribution in [0, 0.1) is 5.92 Å². The molecule has 0 radical (unpaired) electrons. The molecule has 2 heterocycles. The molecule has 0 aliphatic rings. The predicted molar refractivity (Wildman–Crippen MR) is 84.3 cm³/mol. The Morgan fingerprint density at radius 2 is 2.19 bits per heavy atom. The van der Waals surface area contributed by atoms with E-state index in [4.69, 9.17) is 0 Å². The fourth-order valence-electron chi connectivity index (χ4n) is 1.81. The third kappa shape index (κ3) is 4.26. The van der Waals surface area contributed by atoms with Gasteiger partial charge in [0.2, 0.25) is 5.91 Å². The average molecular weight is 305 g/mol. The number of amides is 1. The molecule has 0 aliphatic heterocycles. The Morgan fingerprint density at radius 1 is 1.38 bits per heavy atom. The van der Waals surface area contributed by atoms with E-state index in [0.717, 1.165) is 10.6 Å². The molecule has 2 aromatic heterocycles. The van der Waals surface area contributed by atoms with Gasteiger partial charge >= 0.3 is 0 Å². The number of aromatic nitrogens is 2. The molecule has 1 amide bonds. The number of hydrogen-bond acceptors (Lipinski definition) is 4. The number of carbonyl (C=O) groups excluding carboxylic acids is 1. The maximum atomic E-state index is 11.8. The van der Waals surface area contributed by atoms with E-state index in [-0.39, 0.29) is 17.4 Å². The predicted octanol–water partition coefficient (Wildman–Crippen LogP) is 2.13. The van der Waals surface area contributed by atoms with E-state index in [1.807, 2.05) is 31.4 Å². The molecule has 6 heteroatoms. The van der Waals surface area contributed by atoms with Crippen LogP contribution in [0.4, 0.5) is 0 Å². The van der Waals surface area contributed by atoms with Crippen molar-refractivity contribution < 1.29 is 4.79 Å². The highest BCUT2D eigenvalue weighted by Crippen LogP contribution is 2.20. The molecule has 2 rings (SSSR count). The van der Waals surface area contributed by atoms with Crippen molar-refractivity contribution in [2.75, 3.05) is 6.54 Å². The molecule has 0 atom stereocenters. The SMILES string of the molecule is CC(C)C(=O)NCCCn1nc(-c2cccs2)ccc1=O. The third-order valence-corrected chi connectivity index (χ3v) is 3.90. The lowest BCUT2D eigenvalue weighted by Crippen LogP contribution is -2.30. The fourth-order valence-corrected chi connectivity index (χ4v) is 2.50. The second-order valence-electron chi connectivity index (χ2n) is 5.06. The van der Waals surface area contributed by atoms with Gasteiger partial charge in [0.15, 0.2) is 0 Å². The maximum Gasteiger partial charge on any atom is 0.266 e. The Hall–Kier alpha value is -1.95. The quantitative estimate of drug-likeness (QED) is 0.832. The highest BCUT2D eigenvalue weighted by atomic mass is 32.1. The summed E-state index contributed by atoms with van der Waals surface area (Å²) in [6, 6.07) is 7.21. The first-order valence-corrected chi connectivity index (χ1v) is 7.85. The van der Waals surface area contributed by atoms with Crippen LogP contribution in [0.3, 0.4) is 0 Å². The molecule has 0 saturated carbocycles. The van der Waals surface area contributed by atoms with Crippen LogP contribution in [0.25, 0.3) is 10.6 Å². The van der Waals surface area contributed by atoms with Crippen LogP contribution in [0.1, 0.15) is 20.3 Å². The van der Waals surface area contributed by atoms with Gasteiger partial charge in [-0.15, -0.1) is 11.3 Å². The lowest BCUT2D eigenvalue weighted by Gasteiger charge is -2.09. The minimum Gasteiger partial charge on any atom is -0.356 e. The van der Waals surface area contributed by atoms with E-state index < -0.39 is 0 Å². The van der Waals surface area contributed by atoms with Crippen molar-refractivity contribution in [3.8, 4) is 10.6 Å². The lowest BCUT2D eigenvalue weighted by atomic mass is 10.2. The minimum absolute atomic E-state index is 0.0204. The van der Waals surface area contributed by atoms with Gasteiger partial charge < -0.3 is 5.32 Å². The summed E-state index contributed by atoms with van der Waals surface area (Å²) in [6.45, 7) is 4.75. The zero-order valence-electron chi connectivity index (χ0n) is 12.2. The first-order valence-electron chi connectivity index (χ1n) is 6.97. The molecule has 0 bridgehead atoms. The molecule has 0 aliphatic carbocycles. The summed E-state index contributed by atoms with van der Waals surface area (Å²) in [5.74, 6) is 0.00986. The summed E-state index contributed by atoms with van der Waals surface area (Å²) in [6.07, 6.45) is 0.680. The Balaban J connectivity index is 1.95. The molecular weight excluding hydrogens is 286 g/mol. The molecule has 1 N–H and O–H groups in total. The van der Waals surface area contributed by atoms with Crippen molar-refractivity contribution in [2.24, 2.45) is 5.92 Å². The summed E-state index contributed by atoms with van der Waals surface area (Å²) in [4.78, 5) is 24.3. The molecular formula is C15H19N3O2S. The molecule has 0 aromatic carbocycles. The monoisotopic (exact) mass is 305 g/mol. The van der Waals surface area contributed by atoms with Gasteiger partial charge in [0.05, 0.1) is 4.88 Å². The molecule has 112 valence electrons. The minimum atomic E-state index is -0.120. The van der Waals surface area contributed by atoms with Gasteiger partial charge in [-0.3, -0.25) is 9.59 Å². The van der Waals surface area contributed by atoms with E-state index in [1.165, 1.54) is 10.7 Å². The van der Waals surface area contributed by atoms with Crippen molar-refractivity contribution in [1.29, 1.82) is 0 Å². The van der Waals surface area contributed by atoms with E-state index in [9.17, 15) is 9.59 Å². The molecule has 2 aromatic rings. The number of nitrogens with one attached hydrogen (secondary N) is 1. The summed E-state index contributed by atoms with van der Waals surface area (Å²) in [5.41, 5.74) is 0.682. The van der Waals surface area contributed by atoms with Crippen molar-refractivity contribution >= 4 is 17.2 Å². The first kappa shape index (κ1) is 15.4. The number of rotatable bonds is 6. The highest BCUT2D eigenvalue weighted by molar-refractivity contribution is 7.13. The van der Waals surface area contributed by atoms with Crippen LogP contribution in [-0.2, 0) is 11.3 Å². The number of nitrogens with zero attached hydrogens (tertiary/aromatic N) is 2. The average Bonchev–Trinajstić information content (AvgIpc) is 2.99. The smallest absolute Gasteiger partial charge is 0.266 e. The Bertz CT molecular complexity index is 647. The summed E-state index contributed by atoms with van der Waals surface area (Å²) in [5, 5.41) is 9.18. The van der Waals surface area contributed by atoms with Crippen molar-refractivity contribution in [2.45, 2.75) is 26.8 Å². The lowest BCUT2D eigenvalue weighted by molar-refractivity contribution is -0.123. The summed E-state index contributed by atoms with van der Waals surface area (Å²) in [7, 11) is 0. The van der Waals surface area contributed by atoms with Crippen molar-refractivity contribution in [3.05, 3.63) is 40.0 Å². The van der Waals surface area contributed by atoms with Gasteiger partial charge in [-0.1, -0.05) is 19.9 Å². The van der Waals surface area contributed by atoms with Gasteiger partial charge in [-0.05, 0) is 23.9 Å². The molecule has 0 saturated heterocycles. The molecule has 5 nitrogen and oxygen atoms in total. The van der Waals surface area contributed by atoms with E-state index in [1.54, 1.807) is 17.4 Å². The van der Waals surface area contributed by atoms with Crippen molar-refractivity contribution in [1.82, 2.24) is 15.1 Å². The topological polar surface area (TPSA) is 64.0 Å². The summed E-state index contributed by atoms with van der Waals surface area (Å²) < 4.78 is 1.45. The highest BCUT2D eigenvalue weighted by Gasteiger charge is 2.06. The maximum absolute atomic E-state index is 11.8. The number of aryl methyl sites for hydroxylation is 1. The molecule has 21 heavy (non-hydrogen) atoms. The fraction of sp³-hybridized carbons (Fsp3) is 0.400. The van der Waals surface area contributed by atoms with Crippen LogP contribution >= 0.6 is 11.3 Å². The van der Waals surface area contributed by atoms with Gasteiger partial charge in [0.1, 0.15) is 5.69 Å². The number of thiophene rings is 1. The van der Waals surface area contributed by atoms with Crippen molar-refractivity contribution in [3.63, 3.8) is 0 Å². The van der Waals surface area contributed by atoms with Gasteiger partial charge in [-0.25, -0.2) is 4.68 Å². The first-order chi connectivity index (χ1) is 10.1. The Kier molecular flexibility index (Phi) is 5.27.